The summed E-state index contributed by atoms with van der Waals surface area (Å²) in [5.74, 6) is 0.699. The smallest absolute Gasteiger partial charge is 0.263 e. The first-order valence-corrected chi connectivity index (χ1v) is 8.43. The lowest BCUT2D eigenvalue weighted by Crippen LogP contribution is -2.22. The van der Waals surface area contributed by atoms with Gasteiger partial charge in [-0.15, -0.1) is 11.3 Å². The third-order valence-electron chi connectivity index (χ3n) is 3.60. The van der Waals surface area contributed by atoms with Crippen molar-refractivity contribution in [3.05, 3.63) is 70.0 Å². The number of aryl methyl sites for hydroxylation is 1. The normalized spacial score (nSPS) is 10.4. The van der Waals surface area contributed by atoms with E-state index in [1.54, 1.807) is 7.11 Å². The number of rotatable bonds is 5. The van der Waals surface area contributed by atoms with Crippen LogP contribution < -0.4 is 10.1 Å². The number of carbonyl (C=O) groups is 1. The van der Waals surface area contributed by atoms with E-state index in [0.717, 1.165) is 27.6 Å². The van der Waals surface area contributed by atoms with Crippen LogP contribution in [0, 0.1) is 6.92 Å². The lowest BCUT2D eigenvalue weighted by molar-refractivity contribution is 0.0955. The van der Waals surface area contributed by atoms with E-state index in [4.69, 9.17) is 4.74 Å². The molecule has 0 spiro atoms. The van der Waals surface area contributed by atoms with Crippen molar-refractivity contribution in [2.45, 2.75) is 13.5 Å². The first-order valence-electron chi connectivity index (χ1n) is 7.61. The van der Waals surface area contributed by atoms with Crippen molar-refractivity contribution in [1.29, 1.82) is 0 Å². The molecule has 0 radical (unpaired) electrons. The molecule has 1 aromatic heterocycles. The Morgan fingerprint density at radius 3 is 2.50 bits per heavy atom. The third kappa shape index (κ3) is 3.63. The second-order valence-corrected chi connectivity index (χ2v) is 6.51. The highest BCUT2D eigenvalue weighted by molar-refractivity contribution is 7.14. The van der Waals surface area contributed by atoms with Gasteiger partial charge in [-0.1, -0.05) is 42.5 Å². The number of aromatic nitrogens is 1. The van der Waals surface area contributed by atoms with Crippen LogP contribution in [0.4, 0.5) is 0 Å². The number of ether oxygens (including phenoxy) is 1. The fourth-order valence-electron chi connectivity index (χ4n) is 2.38. The van der Waals surface area contributed by atoms with Crippen LogP contribution in [-0.2, 0) is 6.54 Å². The monoisotopic (exact) mass is 338 g/mol. The predicted molar refractivity (Wildman–Crippen MR) is 96.5 cm³/mol. The zero-order chi connectivity index (χ0) is 16.9. The van der Waals surface area contributed by atoms with Gasteiger partial charge in [0.25, 0.3) is 5.91 Å². The van der Waals surface area contributed by atoms with Gasteiger partial charge in [0.05, 0.1) is 17.8 Å². The van der Waals surface area contributed by atoms with Crippen LogP contribution in [0.5, 0.6) is 5.75 Å². The Balaban J connectivity index is 1.75. The van der Waals surface area contributed by atoms with Crippen molar-refractivity contribution in [3.63, 3.8) is 0 Å². The van der Waals surface area contributed by atoms with Crippen LogP contribution >= 0.6 is 11.3 Å². The molecule has 0 aliphatic rings. The van der Waals surface area contributed by atoms with E-state index in [9.17, 15) is 4.79 Å². The van der Waals surface area contributed by atoms with Gasteiger partial charge < -0.3 is 10.1 Å². The second-order valence-electron chi connectivity index (χ2n) is 5.31. The van der Waals surface area contributed by atoms with Gasteiger partial charge in [0.2, 0.25) is 0 Å². The molecule has 3 aromatic rings. The Morgan fingerprint density at radius 1 is 1.12 bits per heavy atom. The lowest BCUT2D eigenvalue weighted by atomic mass is 10.1. The van der Waals surface area contributed by atoms with Crippen LogP contribution in [-0.4, -0.2) is 18.0 Å². The molecule has 3 rings (SSSR count). The number of benzene rings is 2. The fraction of sp³-hybridized carbons (Fsp3) is 0.158. The first kappa shape index (κ1) is 16.2. The number of nitrogens with zero attached hydrogens (tertiary/aromatic N) is 1. The minimum atomic E-state index is -0.102. The molecule has 4 nitrogen and oxygen atoms in total. The average molecular weight is 338 g/mol. The van der Waals surface area contributed by atoms with Crippen molar-refractivity contribution < 1.29 is 9.53 Å². The molecule has 2 aromatic carbocycles. The molecular weight excluding hydrogens is 320 g/mol. The highest BCUT2D eigenvalue weighted by Crippen LogP contribution is 2.27. The highest BCUT2D eigenvalue weighted by atomic mass is 32.1. The summed E-state index contributed by atoms with van der Waals surface area (Å²) in [7, 11) is 1.63. The maximum Gasteiger partial charge on any atom is 0.263 e. The minimum absolute atomic E-state index is 0.102. The summed E-state index contributed by atoms with van der Waals surface area (Å²) in [6.45, 7) is 2.38. The van der Waals surface area contributed by atoms with Crippen LogP contribution in [0.25, 0.3) is 11.3 Å². The average Bonchev–Trinajstić information content (AvgIpc) is 3.03. The topological polar surface area (TPSA) is 51.2 Å². The van der Waals surface area contributed by atoms with E-state index < -0.39 is 0 Å². The number of methoxy groups -OCH3 is 1. The number of nitrogens with one attached hydrogen (secondary N) is 1. The van der Waals surface area contributed by atoms with Crippen molar-refractivity contribution in [2.24, 2.45) is 0 Å². The minimum Gasteiger partial charge on any atom is -0.497 e. The standard InChI is InChI=1S/C19H18N2O2S/c1-13-21-17(15-6-4-3-5-7-15)18(24-13)19(22)20-12-14-8-10-16(23-2)11-9-14/h3-11H,12H2,1-2H3,(H,20,22). The van der Waals surface area contributed by atoms with E-state index in [1.807, 2.05) is 61.5 Å². The van der Waals surface area contributed by atoms with Crippen molar-refractivity contribution in [1.82, 2.24) is 10.3 Å². The van der Waals surface area contributed by atoms with Crippen molar-refractivity contribution in [2.75, 3.05) is 7.11 Å². The van der Waals surface area contributed by atoms with Crippen LogP contribution in [0.3, 0.4) is 0 Å². The zero-order valence-corrected chi connectivity index (χ0v) is 14.4. The van der Waals surface area contributed by atoms with E-state index >= 15 is 0 Å². The molecular formula is C19H18N2O2S. The Labute approximate surface area is 145 Å². The molecule has 1 N–H and O–H groups in total. The quantitative estimate of drug-likeness (QED) is 0.763. The van der Waals surface area contributed by atoms with Gasteiger partial charge in [0, 0.05) is 12.1 Å². The molecule has 0 saturated carbocycles. The third-order valence-corrected chi connectivity index (χ3v) is 4.57. The fourth-order valence-corrected chi connectivity index (χ4v) is 3.24. The SMILES string of the molecule is COc1ccc(CNC(=O)c2sc(C)nc2-c2ccccc2)cc1. The largest absolute Gasteiger partial charge is 0.497 e. The van der Waals surface area contributed by atoms with Crippen molar-refractivity contribution >= 4 is 17.2 Å². The molecule has 5 heteroatoms. The van der Waals surface area contributed by atoms with Gasteiger partial charge in [0.15, 0.2) is 0 Å². The molecule has 0 unspecified atom stereocenters. The number of carbonyl (C=O) groups excluding carboxylic acids is 1. The summed E-state index contributed by atoms with van der Waals surface area (Å²) in [6, 6.07) is 17.4. The lowest BCUT2D eigenvalue weighted by Gasteiger charge is -2.06. The highest BCUT2D eigenvalue weighted by Gasteiger charge is 2.17. The molecule has 0 aliphatic heterocycles. The van der Waals surface area contributed by atoms with E-state index in [-0.39, 0.29) is 5.91 Å². The molecule has 24 heavy (non-hydrogen) atoms. The predicted octanol–water partition coefficient (Wildman–Crippen LogP) is 4.06. The Kier molecular flexibility index (Phi) is 4.91. The Hall–Kier alpha value is -2.66. The summed E-state index contributed by atoms with van der Waals surface area (Å²) < 4.78 is 5.14. The molecule has 122 valence electrons. The summed E-state index contributed by atoms with van der Waals surface area (Å²) in [5.41, 5.74) is 2.72. The van der Waals surface area contributed by atoms with E-state index in [0.29, 0.717) is 11.4 Å². The summed E-state index contributed by atoms with van der Waals surface area (Å²) in [4.78, 5) is 17.7. The van der Waals surface area contributed by atoms with Gasteiger partial charge in [0.1, 0.15) is 10.6 Å². The van der Waals surface area contributed by atoms with E-state index in [1.165, 1.54) is 11.3 Å². The van der Waals surface area contributed by atoms with Gasteiger partial charge in [-0.05, 0) is 24.6 Å². The van der Waals surface area contributed by atoms with Crippen LogP contribution in [0.1, 0.15) is 20.2 Å². The second kappa shape index (κ2) is 7.27. The maximum atomic E-state index is 12.6. The summed E-state index contributed by atoms with van der Waals surface area (Å²) in [5, 5.41) is 3.85. The number of hydrogen-bond acceptors (Lipinski definition) is 4. The molecule has 0 atom stereocenters. The molecule has 0 bridgehead atoms. The summed E-state index contributed by atoms with van der Waals surface area (Å²) >= 11 is 1.42. The first-order chi connectivity index (χ1) is 11.7. The van der Waals surface area contributed by atoms with Gasteiger partial charge in [-0.3, -0.25) is 4.79 Å². The van der Waals surface area contributed by atoms with Gasteiger partial charge in [-0.2, -0.15) is 0 Å². The Morgan fingerprint density at radius 2 is 1.83 bits per heavy atom. The molecule has 0 saturated heterocycles. The molecule has 0 fully saturated rings. The number of hydrogen-bond donors (Lipinski definition) is 1. The molecule has 1 amide bonds. The van der Waals surface area contributed by atoms with Crippen LogP contribution in [0.2, 0.25) is 0 Å². The number of amides is 1. The molecule has 0 aliphatic carbocycles. The van der Waals surface area contributed by atoms with Gasteiger partial charge >= 0.3 is 0 Å². The zero-order valence-electron chi connectivity index (χ0n) is 13.6. The van der Waals surface area contributed by atoms with Crippen LogP contribution in [0.15, 0.2) is 54.6 Å². The Bertz CT molecular complexity index is 826. The maximum absolute atomic E-state index is 12.6. The number of thiazole rings is 1. The summed E-state index contributed by atoms with van der Waals surface area (Å²) in [6.07, 6.45) is 0. The van der Waals surface area contributed by atoms with Gasteiger partial charge in [-0.25, -0.2) is 4.98 Å². The van der Waals surface area contributed by atoms with Crippen molar-refractivity contribution in [3.8, 4) is 17.0 Å². The molecule has 1 heterocycles. The van der Waals surface area contributed by atoms with E-state index in [2.05, 4.69) is 10.3 Å².